The summed E-state index contributed by atoms with van der Waals surface area (Å²) in [5.74, 6) is -2.96. The number of carboxylic acid groups (broad SMARTS) is 1. The second kappa shape index (κ2) is 22.0. The van der Waals surface area contributed by atoms with Gasteiger partial charge in [-0.1, -0.05) is 93.4 Å². The molecule has 0 heterocycles. The van der Waals surface area contributed by atoms with Crippen molar-refractivity contribution in [3.8, 4) is 0 Å². The number of amides is 2. The summed E-state index contributed by atoms with van der Waals surface area (Å²) in [5.41, 5.74) is 7.05. The molecule has 0 saturated carbocycles. The van der Waals surface area contributed by atoms with Crippen LogP contribution in [0.5, 0.6) is 0 Å². The average molecular weight is 761 g/mol. The summed E-state index contributed by atoms with van der Waals surface area (Å²) < 4.78 is 15.4. The zero-order chi connectivity index (χ0) is 41.4. The Labute approximate surface area is 324 Å². The first kappa shape index (κ1) is 45.6. The maximum Gasteiger partial charge on any atom is 0.408 e. The molecule has 3 aromatic carbocycles. The SMILES string of the molecule is CC(C)C[C@H](NC(=O)[C@H](CC(C)C)NC(=O)OCc1ccccc1)C(=O)O.Cc1cc(C)c(C(=O)OCC(=O)COC(=O)c2c(C)cc(C)cc2C)c(C)c1. The number of ether oxygens (including phenoxy) is 3. The van der Waals surface area contributed by atoms with Gasteiger partial charge in [0.05, 0.1) is 11.1 Å². The van der Waals surface area contributed by atoms with E-state index in [0.29, 0.717) is 24.0 Å². The van der Waals surface area contributed by atoms with Crippen LogP contribution in [0.2, 0.25) is 0 Å². The number of nitrogens with one attached hydrogen (secondary N) is 2. The summed E-state index contributed by atoms with van der Waals surface area (Å²) >= 11 is 0. The van der Waals surface area contributed by atoms with E-state index in [0.717, 1.165) is 38.9 Å². The fourth-order valence-electron chi connectivity index (χ4n) is 6.06. The predicted octanol–water partition coefficient (Wildman–Crippen LogP) is 7.06. The molecular formula is C43H56N2O10. The average Bonchev–Trinajstić information content (AvgIpc) is 3.07. The number of carboxylic acids is 1. The molecule has 12 nitrogen and oxygen atoms in total. The topological polar surface area (TPSA) is 174 Å². The van der Waals surface area contributed by atoms with Crippen molar-refractivity contribution in [2.24, 2.45) is 11.8 Å². The lowest BCUT2D eigenvalue weighted by atomic mass is 10.00. The molecular weight excluding hydrogens is 704 g/mol. The highest BCUT2D eigenvalue weighted by molar-refractivity contribution is 5.96. The number of ketones is 1. The zero-order valence-electron chi connectivity index (χ0n) is 33.7. The number of benzene rings is 3. The third kappa shape index (κ3) is 15.8. The Morgan fingerprint density at radius 2 is 1.02 bits per heavy atom. The number of aryl methyl sites for hydroxylation is 6. The van der Waals surface area contributed by atoms with Crippen molar-refractivity contribution in [2.75, 3.05) is 13.2 Å². The van der Waals surface area contributed by atoms with Crippen molar-refractivity contribution in [1.82, 2.24) is 10.6 Å². The van der Waals surface area contributed by atoms with Crippen molar-refractivity contribution >= 4 is 35.7 Å². The first-order chi connectivity index (χ1) is 25.8. The van der Waals surface area contributed by atoms with E-state index in [1.165, 1.54) is 0 Å². The molecule has 0 unspecified atom stereocenters. The Bertz CT molecular complexity index is 1700. The van der Waals surface area contributed by atoms with Gasteiger partial charge in [-0.2, -0.15) is 0 Å². The van der Waals surface area contributed by atoms with Crippen molar-refractivity contribution < 1.29 is 48.1 Å². The van der Waals surface area contributed by atoms with Crippen LogP contribution in [0.4, 0.5) is 4.79 Å². The first-order valence-electron chi connectivity index (χ1n) is 18.3. The van der Waals surface area contributed by atoms with Crippen LogP contribution in [-0.4, -0.2) is 66.1 Å². The molecule has 55 heavy (non-hydrogen) atoms. The molecule has 298 valence electrons. The Balaban J connectivity index is 0.000000380. The fraction of sp³-hybridized carbons (Fsp3) is 0.442. The Morgan fingerprint density at radius 3 is 1.42 bits per heavy atom. The Kier molecular flexibility index (Phi) is 18.3. The summed E-state index contributed by atoms with van der Waals surface area (Å²) in [6.45, 7) is 18.0. The normalized spacial score (nSPS) is 11.8. The van der Waals surface area contributed by atoms with Crippen LogP contribution in [0.15, 0.2) is 54.6 Å². The quantitative estimate of drug-likeness (QED) is 0.101. The molecule has 12 heteroatoms. The van der Waals surface area contributed by atoms with Gasteiger partial charge in [0.25, 0.3) is 0 Å². The number of Topliss-reactive ketones (excluding diaryl/α,β-unsaturated/α-hetero) is 1. The van der Waals surface area contributed by atoms with Crippen LogP contribution < -0.4 is 10.6 Å². The molecule has 0 aliphatic rings. The van der Waals surface area contributed by atoms with Crippen LogP contribution in [-0.2, 0) is 35.2 Å². The maximum absolute atomic E-state index is 12.5. The molecule has 0 bridgehead atoms. The van der Waals surface area contributed by atoms with Crippen LogP contribution in [0, 0.1) is 53.4 Å². The standard InChI is InChI=1S/C23H26O5.C20H30N2O5/c1-13-7-15(3)20(16(4)8-13)22(25)27-11-19(24)12-28-23(26)21-17(5)9-14(2)10-18(21)6;1-13(2)10-16(18(23)21-17(19(24)25)11-14(3)4)22-20(26)27-12-15-8-6-5-7-9-15/h7-10H,11-12H2,1-6H3;5-9,13-14,16-17H,10-12H2,1-4H3,(H,21,23)(H,22,26)(H,24,25)/t;16-,17-/m.0/s1. The monoisotopic (exact) mass is 760 g/mol. The van der Waals surface area contributed by atoms with E-state index in [9.17, 15) is 33.9 Å². The van der Waals surface area contributed by atoms with Gasteiger partial charge in [0, 0.05) is 0 Å². The van der Waals surface area contributed by atoms with E-state index in [2.05, 4.69) is 10.6 Å². The van der Waals surface area contributed by atoms with Gasteiger partial charge in [-0.05, 0) is 94.0 Å². The van der Waals surface area contributed by atoms with Crippen molar-refractivity contribution in [3.63, 3.8) is 0 Å². The van der Waals surface area contributed by atoms with Gasteiger partial charge < -0.3 is 30.0 Å². The van der Waals surface area contributed by atoms with Gasteiger partial charge in [-0.25, -0.2) is 19.2 Å². The summed E-state index contributed by atoms with van der Waals surface area (Å²) in [6.07, 6.45) is -0.0239. The molecule has 3 rings (SSSR count). The van der Waals surface area contributed by atoms with Crippen molar-refractivity contribution in [1.29, 1.82) is 0 Å². The van der Waals surface area contributed by atoms with Crippen LogP contribution in [0.25, 0.3) is 0 Å². The summed E-state index contributed by atoms with van der Waals surface area (Å²) in [5, 5.41) is 14.4. The number of aliphatic carboxylic acids is 1. The maximum atomic E-state index is 12.5. The highest BCUT2D eigenvalue weighted by Crippen LogP contribution is 2.19. The number of carbonyl (C=O) groups is 6. The molecule has 0 spiro atoms. The molecule has 0 fully saturated rings. The largest absolute Gasteiger partial charge is 0.480 e. The number of esters is 2. The minimum absolute atomic E-state index is 0.0911. The van der Waals surface area contributed by atoms with Crippen LogP contribution in [0.1, 0.15) is 100 Å². The van der Waals surface area contributed by atoms with Gasteiger partial charge in [0.15, 0.2) is 13.2 Å². The van der Waals surface area contributed by atoms with E-state index < -0.39 is 61.0 Å². The molecule has 0 saturated heterocycles. The van der Waals surface area contributed by atoms with Gasteiger partial charge >= 0.3 is 24.0 Å². The predicted molar refractivity (Wildman–Crippen MR) is 209 cm³/mol. The number of hydrogen-bond donors (Lipinski definition) is 3. The summed E-state index contributed by atoms with van der Waals surface area (Å²) in [7, 11) is 0. The van der Waals surface area contributed by atoms with Crippen molar-refractivity contribution in [3.05, 3.63) is 105 Å². The molecule has 0 aliphatic heterocycles. The highest BCUT2D eigenvalue weighted by atomic mass is 16.6. The lowest BCUT2D eigenvalue weighted by Gasteiger charge is -2.23. The molecule has 0 radical (unpaired) electrons. The minimum Gasteiger partial charge on any atom is -0.480 e. The second-order valence-electron chi connectivity index (χ2n) is 14.7. The Hall–Kier alpha value is -5.52. The van der Waals surface area contributed by atoms with Gasteiger partial charge in [0.1, 0.15) is 18.7 Å². The highest BCUT2D eigenvalue weighted by Gasteiger charge is 2.28. The van der Waals surface area contributed by atoms with Crippen molar-refractivity contribution in [2.45, 2.75) is 101 Å². The van der Waals surface area contributed by atoms with Crippen LogP contribution >= 0.6 is 0 Å². The first-order valence-corrected chi connectivity index (χ1v) is 18.3. The third-order valence-corrected chi connectivity index (χ3v) is 8.34. The summed E-state index contributed by atoms with van der Waals surface area (Å²) in [4.78, 5) is 72.6. The van der Waals surface area contributed by atoms with E-state index in [1.54, 1.807) is 0 Å². The van der Waals surface area contributed by atoms with E-state index in [1.807, 2.05) is 124 Å². The summed E-state index contributed by atoms with van der Waals surface area (Å²) in [6, 6.07) is 14.9. The molecule has 2 atom stereocenters. The van der Waals surface area contributed by atoms with Gasteiger partial charge in [-0.3, -0.25) is 9.59 Å². The lowest BCUT2D eigenvalue weighted by molar-refractivity contribution is -0.142. The van der Waals surface area contributed by atoms with E-state index in [4.69, 9.17) is 14.2 Å². The Morgan fingerprint density at radius 1 is 0.600 bits per heavy atom. The third-order valence-electron chi connectivity index (χ3n) is 8.34. The minimum atomic E-state index is -1.09. The molecule has 0 aliphatic carbocycles. The second-order valence-corrected chi connectivity index (χ2v) is 14.7. The number of rotatable bonds is 16. The zero-order valence-corrected chi connectivity index (χ0v) is 33.7. The molecule has 2 amide bonds. The fourth-order valence-corrected chi connectivity index (χ4v) is 6.06. The van der Waals surface area contributed by atoms with Gasteiger partial charge in [-0.15, -0.1) is 0 Å². The molecule has 3 N–H and O–H groups in total. The number of alkyl carbamates (subject to hydrolysis) is 1. The molecule has 3 aromatic rings. The van der Waals surface area contributed by atoms with Crippen LogP contribution in [0.3, 0.4) is 0 Å². The number of carbonyl (C=O) groups excluding carboxylic acids is 5. The van der Waals surface area contributed by atoms with E-state index >= 15 is 0 Å². The van der Waals surface area contributed by atoms with E-state index in [-0.39, 0.29) is 18.4 Å². The van der Waals surface area contributed by atoms with Gasteiger partial charge in [0.2, 0.25) is 11.7 Å². The lowest BCUT2D eigenvalue weighted by Crippen LogP contribution is -2.52. The molecule has 0 aromatic heterocycles. The number of hydrogen-bond acceptors (Lipinski definition) is 9. The smallest absolute Gasteiger partial charge is 0.408 e.